The molecule has 0 amide bonds. The molecule has 2 heterocycles. The molecule has 2 saturated heterocycles. The van der Waals surface area contributed by atoms with Gasteiger partial charge in [0, 0.05) is 70.2 Å². The molecule has 12 heteroatoms. The predicted molar refractivity (Wildman–Crippen MR) is 236 cm³/mol. The van der Waals surface area contributed by atoms with E-state index < -0.39 is 35.3 Å². The third-order valence-electron chi connectivity index (χ3n) is 11.6. The molecule has 2 aliphatic heterocycles. The summed E-state index contributed by atoms with van der Waals surface area (Å²) in [7, 11) is 0. The lowest BCUT2D eigenvalue weighted by Gasteiger charge is -2.48. The van der Waals surface area contributed by atoms with Crippen LogP contribution in [0, 0.1) is 35.1 Å². The number of aliphatic hydroxyl groups excluding tert-OH is 1. The second-order valence-corrected chi connectivity index (χ2v) is 17.5. The number of aliphatic hydroxyl groups is 1. The second kappa shape index (κ2) is 19.9. The fourth-order valence-electron chi connectivity index (χ4n) is 8.72. The van der Waals surface area contributed by atoms with E-state index in [2.05, 4.69) is 9.80 Å². The summed E-state index contributed by atoms with van der Waals surface area (Å²) in [5.74, 6) is -3.45. The van der Waals surface area contributed by atoms with E-state index in [-0.39, 0.29) is 29.8 Å². The van der Waals surface area contributed by atoms with E-state index in [0.717, 1.165) is 40.7 Å². The topological polar surface area (TPSA) is 43.8 Å². The number of carbonyl (C=O) groups is 1. The van der Waals surface area contributed by atoms with Crippen molar-refractivity contribution in [1.82, 2.24) is 9.80 Å². The van der Waals surface area contributed by atoms with Crippen LogP contribution in [0.15, 0.2) is 133 Å². The molecule has 0 bridgehead atoms. The van der Waals surface area contributed by atoms with Gasteiger partial charge in [-0.1, -0.05) is 94.9 Å². The molecule has 2 aliphatic rings. The number of benzene rings is 6. The number of halogens is 8. The van der Waals surface area contributed by atoms with Crippen LogP contribution in [0.1, 0.15) is 64.2 Å². The number of rotatable bonds is 12. The highest BCUT2D eigenvalue weighted by atomic mass is 35.5. The van der Waals surface area contributed by atoms with Crippen LogP contribution in [0.5, 0.6) is 0 Å². The number of likely N-dealkylation sites (tertiary alicyclic amines) is 2. The number of hydrogen-bond donors (Lipinski definition) is 1. The summed E-state index contributed by atoms with van der Waals surface area (Å²) in [5.41, 5.74) is 5.19. The van der Waals surface area contributed by atoms with Gasteiger partial charge in [-0.05, 0) is 125 Å². The van der Waals surface area contributed by atoms with E-state index >= 15 is 0 Å². The van der Waals surface area contributed by atoms with Gasteiger partial charge in [0.2, 0.25) is 0 Å². The van der Waals surface area contributed by atoms with Crippen LogP contribution < -0.4 is 0 Å². The van der Waals surface area contributed by atoms with Crippen LogP contribution in [-0.2, 0) is 4.79 Å². The normalized spacial score (nSPS) is 16.3. The first-order valence-corrected chi connectivity index (χ1v) is 21.3. The van der Waals surface area contributed by atoms with Gasteiger partial charge < -0.3 is 9.90 Å². The van der Waals surface area contributed by atoms with E-state index in [0.29, 0.717) is 57.4 Å². The molecule has 61 heavy (non-hydrogen) atoms. The molecule has 0 saturated carbocycles. The maximum absolute atomic E-state index is 13.8. The average molecular weight is 909 g/mol. The minimum absolute atomic E-state index is 0.00956. The molecule has 0 radical (unpaired) electrons. The Balaban J connectivity index is 0.000000184. The maximum Gasteiger partial charge on any atom is 0.127 e. The van der Waals surface area contributed by atoms with Crippen molar-refractivity contribution < 1.29 is 27.5 Å². The van der Waals surface area contributed by atoms with E-state index in [1.54, 1.807) is 6.92 Å². The molecule has 3 unspecified atom stereocenters. The molecule has 1 N–H and O–H groups in total. The Morgan fingerprint density at radius 3 is 1.08 bits per heavy atom. The Bertz CT molecular complexity index is 2280. The van der Waals surface area contributed by atoms with Gasteiger partial charge >= 0.3 is 0 Å². The van der Waals surface area contributed by atoms with Crippen LogP contribution in [0.25, 0.3) is 0 Å². The van der Waals surface area contributed by atoms with Crippen molar-refractivity contribution in [2.24, 2.45) is 11.8 Å². The SMILES string of the molecule is CC(O)C(c1cc(F)cc(F)c1)C1CN(C(c2ccc(Cl)cc2)c2ccc(Cl)cc2)C1.O=CC(c1cc(F)cc(F)c1)C1CN(C(c2ccc(Cl)cc2)c2ccc(Cl)cc2)C1. The number of aldehydes is 1. The first-order chi connectivity index (χ1) is 29.3. The first-order valence-electron chi connectivity index (χ1n) is 19.8. The maximum atomic E-state index is 13.8. The van der Waals surface area contributed by atoms with Crippen LogP contribution in [0.4, 0.5) is 17.6 Å². The van der Waals surface area contributed by atoms with Gasteiger partial charge in [-0.3, -0.25) is 9.80 Å². The van der Waals surface area contributed by atoms with E-state index in [1.165, 1.54) is 24.3 Å². The molecule has 4 nitrogen and oxygen atoms in total. The molecule has 6 aromatic rings. The van der Waals surface area contributed by atoms with Crippen molar-refractivity contribution in [1.29, 1.82) is 0 Å². The summed E-state index contributed by atoms with van der Waals surface area (Å²) in [6, 6.07) is 37.5. The number of carbonyl (C=O) groups excluding carboxylic acids is 1. The zero-order valence-electron chi connectivity index (χ0n) is 32.9. The standard InChI is InChI=1S/C25H23Cl2F2NO.C24H19Cl2F2NO/c1-15(31)24(18-10-22(28)12-23(29)11-18)19-13-30(14-19)25(16-2-6-20(26)7-3-16)17-4-8-21(27)9-5-17;25-19-5-1-15(2-6-19)24(16-3-7-20(26)8-4-16)29-12-18(13-29)23(14-30)17-9-21(27)11-22(28)10-17/h2-12,15,19,24-25,31H,13-14H2,1H3;1-11,14,18,23-24H,12-13H2. The summed E-state index contributed by atoms with van der Waals surface area (Å²) in [4.78, 5) is 16.3. The highest BCUT2D eigenvalue weighted by Crippen LogP contribution is 2.43. The first kappa shape index (κ1) is 44.8. The van der Waals surface area contributed by atoms with Crippen molar-refractivity contribution in [3.05, 3.63) is 210 Å². The van der Waals surface area contributed by atoms with Gasteiger partial charge in [0.1, 0.15) is 29.6 Å². The van der Waals surface area contributed by atoms with Crippen molar-refractivity contribution >= 4 is 52.7 Å². The van der Waals surface area contributed by atoms with Crippen molar-refractivity contribution in [2.45, 2.75) is 36.9 Å². The molecular weight excluding hydrogens is 866 g/mol. The van der Waals surface area contributed by atoms with Crippen LogP contribution in [0.2, 0.25) is 20.1 Å². The van der Waals surface area contributed by atoms with Gasteiger partial charge in [0.25, 0.3) is 0 Å². The lowest BCUT2D eigenvalue weighted by Crippen LogP contribution is -2.52. The monoisotopic (exact) mass is 906 g/mol. The summed E-state index contributed by atoms with van der Waals surface area (Å²) >= 11 is 24.3. The summed E-state index contributed by atoms with van der Waals surface area (Å²) < 4.78 is 54.9. The Hall–Kier alpha value is -4.25. The van der Waals surface area contributed by atoms with Gasteiger partial charge in [0.15, 0.2) is 0 Å². The molecule has 2 fully saturated rings. The van der Waals surface area contributed by atoms with Crippen molar-refractivity contribution in [3.8, 4) is 0 Å². The predicted octanol–water partition coefficient (Wildman–Crippen LogP) is 12.7. The fourth-order valence-corrected chi connectivity index (χ4v) is 9.23. The molecule has 8 rings (SSSR count). The van der Waals surface area contributed by atoms with Gasteiger partial charge in [-0.25, -0.2) is 17.6 Å². The lowest BCUT2D eigenvalue weighted by atomic mass is 9.76. The Morgan fingerprint density at radius 1 is 0.492 bits per heavy atom. The van der Waals surface area contributed by atoms with Crippen LogP contribution in [-0.4, -0.2) is 53.5 Å². The largest absolute Gasteiger partial charge is 0.393 e. The highest BCUT2D eigenvalue weighted by molar-refractivity contribution is 6.31. The summed E-state index contributed by atoms with van der Waals surface area (Å²) in [5, 5.41) is 13.1. The van der Waals surface area contributed by atoms with E-state index in [9.17, 15) is 27.5 Å². The van der Waals surface area contributed by atoms with Crippen LogP contribution in [0.3, 0.4) is 0 Å². The molecule has 3 atom stereocenters. The minimum atomic E-state index is -0.724. The van der Waals surface area contributed by atoms with Gasteiger partial charge in [0.05, 0.1) is 18.2 Å². The zero-order chi connectivity index (χ0) is 43.4. The second-order valence-electron chi connectivity index (χ2n) is 15.8. The third-order valence-corrected chi connectivity index (χ3v) is 12.6. The van der Waals surface area contributed by atoms with Gasteiger partial charge in [-0.2, -0.15) is 0 Å². The molecule has 316 valence electrons. The Morgan fingerprint density at radius 2 is 0.787 bits per heavy atom. The van der Waals surface area contributed by atoms with Crippen molar-refractivity contribution in [3.63, 3.8) is 0 Å². The summed E-state index contributed by atoms with van der Waals surface area (Å²) in [6.07, 6.45) is 0.0633. The fraction of sp³-hybridized carbons (Fsp3) is 0.245. The molecule has 6 aromatic carbocycles. The third kappa shape index (κ3) is 10.9. The van der Waals surface area contributed by atoms with E-state index in [4.69, 9.17) is 46.4 Å². The van der Waals surface area contributed by atoms with Gasteiger partial charge in [-0.15, -0.1) is 0 Å². The molecule has 0 aliphatic carbocycles. The number of nitrogens with zero attached hydrogens (tertiary/aromatic N) is 2. The van der Waals surface area contributed by atoms with Crippen LogP contribution >= 0.6 is 46.4 Å². The molecule has 0 aromatic heterocycles. The smallest absolute Gasteiger partial charge is 0.127 e. The van der Waals surface area contributed by atoms with Crippen molar-refractivity contribution in [2.75, 3.05) is 26.2 Å². The molecule has 0 spiro atoms. The van der Waals surface area contributed by atoms with E-state index in [1.807, 2.05) is 97.1 Å². The summed E-state index contributed by atoms with van der Waals surface area (Å²) in [6.45, 7) is 4.29. The Labute approximate surface area is 373 Å². The zero-order valence-corrected chi connectivity index (χ0v) is 35.9. The molecular formula is C49H42Cl4F4N2O2. The Kier molecular flexibility index (Phi) is 14.6. The number of hydrogen-bond acceptors (Lipinski definition) is 4. The highest BCUT2D eigenvalue weighted by Gasteiger charge is 2.41. The minimum Gasteiger partial charge on any atom is -0.393 e. The quantitative estimate of drug-likeness (QED) is 0.0981. The average Bonchev–Trinajstić information content (AvgIpc) is 3.18. The lowest BCUT2D eigenvalue weighted by molar-refractivity contribution is -0.112.